The first-order chi connectivity index (χ1) is 34.0. The van der Waals surface area contributed by atoms with Crippen LogP contribution >= 0.6 is 0 Å². The van der Waals surface area contributed by atoms with Gasteiger partial charge in [0.05, 0.1) is 0 Å². The quantitative estimate of drug-likeness (QED) is 0.0262. The minimum atomic E-state index is -0.793. The molecule has 0 aliphatic rings. The van der Waals surface area contributed by atoms with Crippen molar-refractivity contribution >= 4 is 17.9 Å². The van der Waals surface area contributed by atoms with Crippen molar-refractivity contribution in [2.24, 2.45) is 0 Å². The molecule has 1 atom stereocenters. The van der Waals surface area contributed by atoms with Crippen molar-refractivity contribution in [2.75, 3.05) is 13.2 Å². The molecular formula is C63H110O6. The summed E-state index contributed by atoms with van der Waals surface area (Å²) in [6.45, 7) is 6.51. The Hall–Kier alpha value is -3.15. The lowest BCUT2D eigenvalue weighted by Gasteiger charge is -2.18. The van der Waals surface area contributed by atoms with Crippen molar-refractivity contribution in [1.29, 1.82) is 0 Å². The second-order valence-corrected chi connectivity index (χ2v) is 19.5. The topological polar surface area (TPSA) is 78.9 Å². The summed E-state index contributed by atoms with van der Waals surface area (Å²) in [5.41, 5.74) is 0. The standard InChI is InChI=1S/C63H110O6/c1-4-7-10-13-16-19-22-25-28-30-31-33-35-38-41-44-47-50-53-56-62(65)68-59-60(58-67-61(64)55-52-49-46-43-40-37-34-27-24-21-18-15-12-9-6-3)69-63(66)57-54-51-48-45-42-39-36-32-29-26-23-20-17-14-11-8-5-2/h8,11,17,20,25-29,34,36,39,60H,4-7,9-10,12-16,18-19,21-24,30-33,35,37-38,40-59H2,1-3H3/b11-8-,20-17-,28-25-,29-26-,34-27-,39-36-/t60-/m0/s1. The zero-order valence-electron chi connectivity index (χ0n) is 45.6. The van der Waals surface area contributed by atoms with E-state index in [2.05, 4.69) is 93.7 Å². The molecule has 0 unspecified atom stereocenters. The summed E-state index contributed by atoms with van der Waals surface area (Å²) in [6, 6.07) is 0. The van der Waals surface area contributed by atoms with E-state index in [9.17, 15) is 14.4 Å². The van der Waals surface area contributed by atoms with Gasteiger partial charge >= 0.3 is 17.9 Å². The molecule has 6 heteroatoms. The molecule has 0 aliphatic heterocycles. The van der Waals surface area contributed by atoms with Crippen molar-refractivity contribution in [2.45, 2.75) is 297 Å². The second-order valence-electron chi connectivity index (χ2n) is 19.5. The fourth-order valence-electron chi connectivity index (χ4n) is 8.25. The molecule has 0 aromatic carbocycles. The lowest BCUT2D eigenvalue weighted by atomic mass is 10.1. The number of unbranched alkanes of at least 4 members (excludes halogenated alkanes) is 30. The molecule has 0 aromatic heterocycles. The van der Waals surface area contributed by atoms with Crippen LogP contribution in [0.2, 0.25) is 0 Å². The Morgan fingerprint density at radius 2 is 0.565 bits per heavy atom. The Labute approximate surface area is 427 Å². The summed E-state index contributed by atoms with van der Waals surface area (Å²) in [4.78, 5) is 38.2. The van der Waals surface area contributed by atoms with Gasteiger partial charge in [-0.1, -0.05) is 235 Å². The number of rotatable bonds is 53. The van der Waals surface area contributed by atoms with Gasteiger partial charge in [0.15, 0.2) is 6.10 Å². The maximum atomic E-state index is 12.9. The molecule has 0 saturated carbocycles. The van der Waals surface area contributed by atoms with E-state index in [4.69, 9.17) is 14.2 Å². The number of hydrogen-bond acceptors (Lipinski definition) is 6. The van der Waals surface area contributed by atoms with Crippen LogP contribution in [0, 0.1) is 0 Å². The number of ether oxygens (including phenoxy) is 3. The molecule has 0 spiro atoms. The molecule has 0 N–H and O–H groups in total. The normalized spacial score (nSPS) is 12.6. The molecule has 0 saturated heterocycles. The number of hydrogen-bond donors (Lipinski definition) is 0. The van der Waals surface area contributed by atoms with Crippen LogP contribution in [0.1, 0.15) is 290 Å². The Bertz CT molecular complexity index is 1290. The maximum absolute atomic E-state index is 12.9. The van der Waals surface area contributed by atoms with Gasteiger partial charge in [0.25, 0.3) is 0 Å². The van der Waals surface area contributed by atoms with E-state index in [1.807, 2.05) is 0 Å². The first kappa shape index (κ1) is 65.8. The van der Waals surface area contributed by atoms with Gasteiger partial charge in [-0.05, 0) is 109 Å². The number of allylic oxidation sites excluding steroid dienone is 12. The fraction of sp³-hybridized carbons (Fsp3) is 0.762. The van der Waals surface area contributed by atoms with Crippen LogP contribution in [0.25, 0.3) is 0 Å². The van der Waals surface area contributed by atoms with Crippen LogP contribution in [0.5, 0.6) is 0 Å². The second kappa shape index (κ2) is 57.4. The Morgan fingerprint density at radius 3 is 0.899 bits per heavy atom. The molecule has 0 bridgehead atoms. The lowest BCUT2D eigenvalue weighted by Crippen LogP contribution is -2.30. The molecule has 69 heavy (non-hydrogen) atoms. The minimum absolute atomic E-state index is 0.0883. The largest absolute Gasteiger partial charge is 0.462 e. The number of esters is 3. The lowest BCUT2D eigenvalue weighted by molar-refractivity contribution is -0.167. The van der Waals surface area contributed by atoms with Crippen molar-refractivity contribution < 1.29 is 28.6 Å². The van der Waals surface area contributed by atoms with Gasteiger partial charge in [0.1, 0.15) is 13.2 Å². The SMILES string of the molecule is CC/C=C\C/C=C\C/C=C\C/C=C\CCCCCCC(=O)O[C@@H](COC(=O)CCCCCCC/C=C\CCCCCCCC)COC(=O)CCCCCCCCCCC/C=C\CCCCCCCC. The zero-order chi connectivity index (χ0) is 50.0. The van der Waals surface area contributed by atoms with Crippen LogP contribution in [0.4, 0.5) is 0 Å². The summed E-state index contributed by atoms with van der Waals surface area (Å²) in [5, 5.41) is 0. The van der Waals surface area contributed by atoms with Gasteiger partial charge in [-0.25, -0.2) is 0 Å². The third-order valence-corrected chi connectivity index (χ3v) is 12.7. The van der Waals surface area contributed by atoms with Crippen molar-refractivity contribution in [3.63, 3.8) is 0 Å². The summed E-state index contributed by atoms with van der Waals surface area (Å²) in [5.74, 6) is -0.914. The molecule has 6 nitrogen and oxygen atoms in total. The average Bonchev–Trinajstić information content (AvgIpc) is 3.35. The minimum Gasteiger partial charge on any atom is -0.462 e. The maximum Gasteiger partial charge on any atom is 0.306 e. The molecule has 0 radical (unpaired) electrons. The fourth-order valence-corrected chi connectivity index (χ4v) is 8.25. The molecule has 0 aliphatic carbocycles. The van der Waals surface area contributed by atoms with Gasteiger partial charge in [0.2, 0.25) is 0 Å². The Kier molecular flexibility index (Phi) is 54.8. The predicted molar refractivity (Wildman–Crippen MR) is 298 cm³/mol. The van der Waals surface area contributed by atoms with E-state index >= 15 is 0 Å². The highest BCUT2D eigenvalue weighted by Gasteiger charge is 2.19. The van der Waals surface area contributed by atoms with E-state index in [0.29, 0.717) is 19.3 Å². The molecule has 398 valence electrons. The number of carbonyl (C=O) groups excluding carboxylic acids is 3. The predicted octanol–water partition coefficient (Wildman–Crippen LogP) is 19.8. The monoisotopic (exact) mass is 963 g/mol. The molecule has 0 amide bonds. The number of carbonyl (C=O) groups is 3. The third-order valence-electron chi connectivity index (χ3n) is 12.7. The van der Waals surface area contributed by atoms with Crippen molar-refractivity contribution in [3.8, 4) is 0 Å². The van der Waals surface area contributed by atoms with Crippen LogP contribution < -0.4 is 0 Å². The molecule has 0 rings (SSSR count). The molecule has 0 aromatic rings. The summed E-state index contributed by atoms with van der Waals surface area (Å²) < 4.78 is 16.9. The van der Waals surface area contributed by atoms with E-state index in [1.54, 1.807) is 0 Å². The highest BCUT2D eigenvalue weighted by atomic mass is 16.6. The van der Waals surface area contributed by atoms with Crippen LogP contribution in [0.15, 0.2) is 72.9 Å². The van der Waals surface area contributed by atoms with Gasteiger partial charge < -0.3 is 14.2 Å². The average molecular weight is 964 g/mol. The zero-order valence-corrected chi connectivity index (χ0v) is 45.6. The molecule has 0 heterocycles. The van der Waals surface area contributed by atoms with Gasteiger partial charge in [0, 0.05) is 19.3 Å². The summed E-state index contributed by atoms with van der Waals surface area (Å²) >= 11 is 0. The smallest absolute Gasteiger partial charge is 0.306 e. The van der Waals surface area contributed by atoms with Crippen molar-refractivity contribution in [1.82, 2.24) is 0 Å². The van der Waals surface area contributed by atoms with Gasteiger partial charge in [-0.3, -0.25) is 14.4 Å². The van der Waals surface area contributed by atoms with E-state index in [1.165, 1.54) is 148 Å². The molecular weight excluding hydrogens is 853 g/mol. The first-order valence-electron chi connectivity index (χ1n) is 29.4. The third kappa shape index (κ3) is 55.6. The van der Waals surface area contributed by atoms with Crippen LogP contribution in [-0.4, -0.2) is 37.2 Å². The Morgan fingerprint density at radius 1 is 0.304 bits per heavy atom. The van der Waals surface area contributed by atoms with Gasteiger partial charge in [-0.2, -0.15) is 0 Å². The van der Waals surface area contributed by atoms with E-state index in [0.717, 1.165) is 103 Å². The first-order valence-corrected chi connectivity index (χ1v) is 29.4. The van der Waals surface area contributed by atoms with Gasteiger partial charge in [-0.15, -0.1) is 0 Å². The summed E-state index contributed by atoms with van der Waals surface area (Å²) in [6.07, 6.45) is 73.2. The molecule has 0 fully saturated rings. The summed E-state index contributed by atoms with van der Waals surface area (Å²) in [7, 11) is 0. The van der Waals surface area contributed by atoms with E-state index < -0.39 is 6.10 Å². The van der Waals surface area contributed by atoms with Crippen molar-refractivity contribution in [3.05, 3.63) is 72.9 Å². The van der Waals surface area contributed by atoms with E-state index in [-0.39, 0.29) is 31.1 Å². The van der Waals surface area contributed by atoms with Crippen LogP contribution in [0.3, 0.4) is 0 Å². The highest BCUT2D eigenvalue weighted by molar-refractivity contribution is 5.71. The Balaban J connectivity index is 4.41. The van der Waals surface area contributed by atoms with Crippen LogP contribution in [-0.2, 0) is 28.6 Å². The highest BCUT2D eigenvalue weighted by Crippen LogP contribution is 2.15.